The monoisotopic (exact) mass is 434 g/mol. The molecule has 0 atom stereocenters. The van der Waals surface area contributed by atoms with Gasteiger partial charge in [-0.15, -0.1) is 0 Å². The Kier molecular flexibility index (Phi) is 5.93. The summed E-state index contributed by atoms with van der Waals surface area (Å²) in [6.45, 7) is -0.379. The average molecular weight is 434 g/mol. The van der Waals surface area contributed by atoms with Gasteiger partial charge in [-0.05, 0) is 46.7 Å². The van der Waals surface area contributed by atoms with Crippen LogP contribution in [0.3, 0.4) is 0 Å². The quantitative estimate of drug-likeness (QED) is 0.416. The van der Waals surface area contributed by atoms with Gasteiger partial charge in [0.05, 0.1) is 12.6 Å². The van der Waals surface area contributed by atoms with Crippen molar-refractivity contribution in [3.8, 4) is 5.75 Å². The van der Waals surface area contributed by atoms with E-state index in [4.69, 9.17) is 13.9 Å². The number of rotatable bonds is 7. The summed E-state index contributed by atoms with van der Waals surface area (Å²) < 4.78 is 16.6. The number of hydrogen-bond acceptors (Lipinski definition) is 6. The smallest absolute Gasteiger partial charge is 0.420 e. The van der Waals surface area contributed by atoms with Gasteiger partial charge in [0.1, 0.15) is 12.3 Å². The summed E-state index contributed by atoms with van der Waals surface area (Å²) in [5.74, 6) is -0.914. The average Bonchev–Trinajstić information content (AvgIpc) is 3.11. The second kappa shape index (κ2) is 8.97. The molecule has 0 spiro atoms. The first kappa shape index (κ1) is 21.2. The summed E-state index contributed by atoms with van der Waals surface area (Å²) in [6, 6.07) is 18.5. The van der Waals surface area contributed by atoms with Crippen LogP contribution in [0.1, 0.15) is 5.56 Å². The molecule has 8 nitrogen and oxygen atoms in total. The maximum absolute atomic E-state index is 12.4. The van der Waals surface area contributed by atoms with Gasteiger partial charge in [0.25, 0.3) is 5.91 Å². The van der Waals surface area contributed by atoms with E-state index in [1.807, 2.05) is 36.4 Å². The van der Waals surface area contributed by atoms with Crippen LogP contribution in [-0.2, 0) is 27.4 Å². The summed E-state index contributed by atoms with van der Waals surface area (Å²) in [6.07, 6.45) is 0. The van der Waals surface area contributed by atoms with Crippen molar-refractivity contribution in [1.29, 1.82) is 0 Å². The van der Waals surface area contributed by atoms with Crippen LogP contribution in [0.15, 0.2) is 69.9 Å². The van der Waals surface area contributed by atoms with Gasteiger partial charge >= 0.3 is 11.7 Å². The minimum absolute atomic E-state index is 0.332. The van der Waals surface area contributed by atoms with E-state index in [9.17, 15) is 14.4 Å². The highest BCUT2D eigenvalue weighted by atomic mass is 16.5. The molecule has 0 aliphatic rings. The molecule has 4 aromatic rings. The number of esters is 1. The van der Waals surface area contributed by atoms with Crippen LogP contribution in [0.2, 0.25) is 0 Å². The Morgan fingerprint density at radius 1 is 1.03 bits per heavy atom. The zero-order valence-electron chi connectivity index (χ0n) is 17.7. The summed E-state index contributed by atoms with van der Waals surface area (Å²) in [4.78, 5) is 38.1. The van der Waals surface area contributed by atoms with Crippen LogP contribution in [0.5, 0.6) is 5.75 Å². The molecule has 0 saturated heterocycles. The normalized spacial score (nSPS) is 10.9. The number of aromatic nitrogens is 1. The number of nitrogens with zero attached hydrogens (tertiary/aromatic N) is 2. The second-order valence-electron chi connectivity index (χ2n) is 7.38. The van der Waals surface area contributed by atoms with Crippen LogP contribution in [0.4, 0.5) is 0 Å². The topological polar surface area (TPSA) is 91.0 Å². The number of ether oxygens (including phenoxy) is 2. The zero-order valence-corrected chi connectivity index (χ0v) is 17.7. The fourth-order valence-electron chi connectivity index (χ4n) is 3.45. The fraction of sp³-hybridized carbons (Fsp3) is 0.208. The van der Waals surface area contributed by atoms with Gasteiger partial charge in [-0.1, -0.05) is 30.3 Å². The maximum Gasteiger partial charge on any atom is 0.420 e. The van der Waals surface area contributed by atoms with E-state index in [1.54, 1.807) is 38.4 Å². The molecule has 0 fully saturated rings. The van der Waals surface area contributed by atoms with Crippen molar-refractivity contribution < 1.29 is 23.5 Å². The van der Waals surface area contributed by atoms with E-state index in [0.29, 0.717) is 17.6 Å². The van der Waals surface area contributed by atoms with Crippen molar-refractivity contribution in [2.45, 2.75) is 13.1 Å². The Balaban J connectivity index is 1.34. The number of likely N-dealkylation sites (N-methyl/N-ethyl adjacent to an activating group) is 1. The van der Waals surface area contributed by atoms with Crippen molar-refractivity contribution in [2.24, 2.45) is 0 Å². The highest BCUT2D eigenvalue weighted by Crippen LogP contribution is 2.22. The maximum atomic E-state index is 12.4. The van der Waals surface area contributed by atoms with Crippen molar-refractivity contribution >= 4 is 33.7 Å². The lowest BCUT2D eigenvalue weighted by molar-refractivity contribution is -0.152. The van der Waals surface area contributed by atoms with E-state index >= 15 is 0 Å². The van der Waals surface area contributed by atoms with Gasteiger partial charge in [-0.25, -0.2) is 4.79 Å². The van der Waals surface area contributed by atoms with Crippen LogP contribution >= 0.6 is 0 Å². The van der Waals surface area contributed by atoms with Gasteiger partial charge in [0.15, 0.2) is 12.2 Å². The highest BCUT2D eigenvalue weighted by Gasteiger charge is 2.16. The summed E-state index contributed by atoms with van der Waals surface area (Å²) in [5, 5.41) is 2.08. The van der Waals surface area contributed by atoms with Crippen LogP contribution < -0.4 is 10.5 Å². The summed E-state index contributed by atoms with van der Waals surface area (Å²) in [5.41, 5.74) is 1.82. The lowest BCUT2D eigenvalue weighted by atomic mass is 10.1. The molecule has 0 aliphatic carbocycles. The number of carbonyl (C=O) groups is 2. The number of fused-ring (bicyclic) bond motifs is 2. The van der Waals surface area contributed by atoms with Gasteiger partial charge in [0.2, 0.25) is 0 Å². The largest absolute Gasteiger partial charge is 0.497 e. The minimum Gasteiger partial charge on any atom is -0.497 e. The van der Waals surface area contributed by atoms with Crippen LogP contribution in [0.25, 0.3) is 21.9 Å². The predicted molar refractivity (Wildman–Crippen MR) is 118 cm³/mol. The molecule has 0 N–H and O–H groups in total. The molecule has 8 heteroatoms. The zero-order chi connectivity index (χ0) is 22.7. The first-order valence-electron chi connectivity index (χ1n) is 9.99. The first-order valence-corrected chi connectivity index (χ1v) is 9.99. The number of oxazole rings is 1. The lowest BCUT2D eigenvalue weighted by Gasteiger charge is -2.17. The van der Waals surface area contributed by atoms with E-state index in [1.165, 1.54) is 9.47 Å². The van der Waals surface area contributed by atoms with Crippen molar-refractivity contribution in [3.63, 3.8) is 0 Å². The lowest BCUT2D eigenvalue weighted by Crippen LogP contribution is -2.32. The predicted octanol–water partition coefficient (Wildman–Crippen LogP) is 2.96. The third kappa shape index (κ3) is 4.49. The Morgan fingerprint density at radius 3 is 2.59 bits per heavy atom. The summed E-state index contributed by atoms with van der Waals surface area (Å²) in [7, 11) is 3.26. The fourth-order valence-corrected chi connectivity index (χ4v) is 3.45. The van der Waals surface area contributed by atoms with Crippen molar-refractivity contribution in [1.82, 2.24) is 9.47 Å². The molecule has 4 rings (SSSR count). The molecule has 1 amide bonds. The Labute approximate surface area is 183 Å². The standard InChI is InChI=1S/C24H22N2O6/c1-25(13-16-7-8-18-12-19(30-2)10-9-17(18)11-16)22(27)15-31-23(28)14-26-20-5-3-4-6-21(20)32-24(26)29/h3-12H,13-15H2,1-2H3. The van der Waals surface area contributed by atoms with Crippen LogP contribution in [0, 0.1) is 0 Å². The van der Waals surface area contributed by atoms with Crippen molar-refractivity contribution in [3.05, 3.63) is 76.8 Å². The molecule has 0 bridgehead atoms. The molecular formula is C24H22N2O6. The Bertz CT molecular complexity index is 1350. The third-order valence-electron chi connectivity index (χ3n) is 5.17. The molecule has 32 heavy (non-hydrogen) atoms. The molecule has 0 saturated carbocycles. The van der Waals surface area contributed by atoms with Gasteiger partial charge in [-0.2, -0.15) is 0 Å². The molecule has 0 aliphatic heterocycles. The number of amides is 1. The molecule has 164 valence electrons. The van der Waals surface area contributed by atoms with Gasteiger partial charge in [-0.3, -0.25) is 14.2 Å². The Morgan fingerprint density at radius 2 is 1.78 bits per heavy atom. The molecule has 1 aromatic heterocycles. The van der Waals surface area contributed by atoms with E-state index in [2.05, 4.69) is 0 Å². The van der Waals surface area contributed by atoms with Gasteiger partial charge in [0, 0.05) is 13.6 Å². The van der Waals surface area contributed by atoms with E-state index in [-0.39, 0.29) is 12.5 Å². The molecule has 3 aromatic carbocycles. The third-order valence-corrected chi connectivity index (χ3v) is 5.17. The number of carbonyl (C=O) groups excluding carboxylic acids is 2. The SMILES string of the molecule is COc1ccc2cc(CN(C)C(=O)COC(=O)Cn3c(=O)oc4ccccc43)ccc2c1. The number of methoxy groups -OCH3 is 1. The van der Waals surface area contributed by atoms with Crippen LogP contribution in [-0.4, -0.2) is 42.1 Å². The Hall–Kier alpha value is -4.07. The van der Waals surface area contributed by atoms with Crippen molar-refractivity contribution in [2.75, 3.05) is 20.8 Å². The molecule has 1 heterocycles. The minimum atomic E-state index is -0.694. The first-order chi connectivity index (χ1) is 15.4. The molecular weight excluding hydrogens is 412 g/mol. The van der Waals surface area contributed by atoms with E-state index in [0.717, 1.165) is 22.1 Å². The van der Waals surface area contributed by atoms with E-state index < -0.39 is 18.3 Å². The number of hydrogen-bond donors (Lipinski definition) is 0. The summed E-state index contributed by atoms with van der Waals surface area (Å²) >= 11 is 0. The molecule has 0 radical (unpaired) electrons. The highest BCUT2D eigenvalue weighted by molar-refractivity contribution is 5.85. The second-order valence-corrected chi connectivity index (χ2v) is 7.38. The van der Waals surface area contributed by atoms with Gasteiger partial charge < -0.3 is 18.8 Å². The number of benzene rings is 3. The number of para-hydroxylation sites is 2. The molecule has 0 unspecified atom stereocenters.